The molecular formula is C26H30O3S. The van der Waals surface area contributed by atoms with Gasteiger partial charge >= 0.3 is 0 Å². The molecule has 30 heavy (non-hydrogen) atoms. The van der Waals surface area contributed by atoms with E-state index < -0.39 is 0 Å². The summed E-state index contributed by atoms with van der Waals surface area (Å²) in [6.07, 6.45) is 0. The molecule has 3 nitrogen and oxygen atoms in total. The van der Waals surface area contributed by atoms with Gasteiger partial charge in [0.1, 0.15) is 11.5 Å². The number of carbonyl (C=O) groups excluding carboxylic acids is 1. The van der Waals surface area contributed by atoms with E-state index in [9.17, 15) is 4.79 Å². The van der Waals surface area contributed by atoms with Crippen molar-refractivity contribution in [1.82, 2.24) is 0 Å². The number of carbonyl (C=O) groups is 1. The first-order chi connectivity index (χ1) is 14.4. The van der Waals surface area contributed by atoms with Gasteiger partial charge in [0, 0.05) is 17.9 Å². The molecule has 1 unspecified atom stereocenters. The van der Waals surface area contributed by atoms with Crippen LogP contribution in [0, 0.1) is 5.41 Å². The summed E-state index contributed by atoms with van der Waals surface area (Å²) in [4.78, 5) is 13.2. The molecule has 0 bridgehead atoms. The van der Waals surface area contributed by atoms with Crippen molar-refractivity contribution in [2.75, 3.05) is 19.0 Å². The molecule has 1 atom stereocenters. The second-order valence-corrected chi connectivity index (χ2v) is 9.53. The lowest BCUT2D eigenvalue weighted by atomic mass is 9.87. The Morgan fingerprint density at radius 3 is 2.27 bits per heavy atom. The summed E-state index contributed by atoms with van der Waals surface area (Å²) in [5, 5.41) is 2.20. The maximum Gasteiger partial charge on any atom is 0.176 e. The fourth-order valence-corrected chi connectivity index (χ4v) is 4.53. The van der Waals surface area contributed by atoms with Gasteiger partial charge in [-0.15, -0.1) is 11.8 Å². The van der Waals surface area contributed by atoms with Crippen LogP contribution in [-0.4, -0.2) is 30.0 Å². The highest BCUT2D eigenvalue weighted by Gasteiger charge is 2.32. The summed E-state index contributed by atoms with van der Waals surface area (Å²) < 4.78 is 11.4. The monoisotopic (exact) mass is 422 g/mol. The molecule has 0 fully saturated rings. The summed E-state index contributed by atoms with van der Waals surface area (Å²) in [6, 6.07) is 21.7. The Morgan fingerprint density at radius 1 is 0.933 bits per heavy atom. The molecule has 158 valence electrons. The number of Topliss-reactive ketones (excluding diaryl/α,β-unsaturated/α-hetero) is 1. The van der Waals surface area contributed by atoms with Crippen molar-refractivity contribution in [3.05, 3.63) is 72.3 Å². The molecular weight excluding hydrogens is 392 g/mol. The van der Waals surface area contributed by atoms with Crippen molar-refractivity contribution in [1.29, 1.82) is 0 Å². The lowest BCUT2D eigenvalue weighted by Crippen LogP contribution is -2.32. The van der Waals surface area contributed by atoms with Gasteiger partial charge in [0.15, 0.2) is 5.78 Å². The van der Waals surface area contributed by atoms with Crippen LogP contribution in [0.15, 0.2) is 66.7 Å². The molecule has 0 spiro atoms. The number of ketones is 1. The van der Waals surface area contributed by atoms with E-state index in [1.807, 2.05) is 55.5 Å². The lowest BCUT2D eigenvalue weighted by molar-refractivity contribution is 0.0950. The number of fused-ring (bicyclic) bond motifs is 1. The summed E-state index contributed by atoms with van der Waals surface area (Å²) >= 11 is 1.67. The number of hydrogen-bond donors (Lipinski definition) is 0. The van der Waals surface area contributed by atoms with Crippen molar-refractivity contribution in [2.45, 2.75) is 32.9 Å². The van der Waals surface area contributed by atoms with E-state index >= 15 is 0 Å². The minimum Gasteiger partial charge on any atom is -0.457 e. The largest absolute Gasteiger partial charge is 0.457 e. The summed E-state index contributed by atoms with van der Waals surface area (Å²) in [6.45, 7) is 9.69. The van der Waals surface area contributed by atoms with Gasteiger partial charge in [-0.1, -0.05) is 51.1 Å². The third kappa shape index (κ3) is 5.87. The quantitative estimate of drug-likeness (QED) is 0.275. The van der Waals surface area contributed by atoms with Crippen LogP contribution in [0.1, 0.15) is 38.1 Å². The van der Waals surface area contributed by atoms with Gasteiger partial charge in [0.2, 0.25) is 0 Å². The molecule has 0 N–H and O–H groups in total. The molecule has 0 aliphatic carbocycles. The molecule has 3 aromatic rings. The van der Waals surface area contributed by atoms with E-state index in [4.69, 9.17) is 9.47 Å². The number of hydrogen-bond acceptors (Lipinski definition) is 4. The number of rotatable bonds is 9. The number of benzene rings is 3. The SMILES string of the molecule is CCOCCSC(C(=O)c1ccc(Oc2ccc3ccccc3c2)cc1)C(C)(C)C. The van der Waals surface area contributed by atoms with Gasteiger partial charge in [0.05, 0.1) is 11.9 Å². The minimum atomic E-state index is -0.131. The van der Waals surface area contributed by atoms with E-state index in [1.54, 1.807) is 11.8 Å². The average Bonchev–Trinajstić information content (AvgIpc) is 2.73. The van der Waals surface area contributed by atoms with Crippen LogP contribution >= 0.6 is 11.8 Å². The highest BCUT2D eigenvalue weighted by molar-refractivity contribution is 8.00. The number of ether oxygens (including phenoxy) is 2. The van der Waals surface area contributed by atoms with E-state index in [0.29, 0.717) is 18.8 Å². The highest BCUT2D eigenvalue weighted by atomic mass is 32.2. The molecule has 0 aliphatic heterocycles. The minimum absolute atomic E-state index is 0.120. The first-order valence-corrected chi connectivity index (χ1v) is 11.4. The fraction of sp³-hybridized carbons (Fsp3) is 0.346. The summed E-state index contributed by atoms with van der Waals surface area (Å²) in [5.74, 6) is 2.47. The molecule has 3 aromatic carbocycles. The van der Waals surface area contributed by atoms with Crippen LogP contribution in [0.25, 0.3) is 10.8 Å². The Morgan fingerprint density at radius 2 is 1.60 bits per heavy atom. The zero-order valence-electron chi connectivity index (χ0n) is 18.2. The molecule has 0 heterocycles. The standard InChI is InChI=1S/C26H30O3S/c1-5-28-16-17-30-25(26(2,3)4)24(27)20-11-13-22(14-12-20)29-23-15-10-19-8-6-7-9-21(19)18-23/h6-15,18,25H,5,16-17H2,1-4H3. The van der Waals surface area contributed by atoms with Crippen LogP contribution in [0.4, 0.5) is 0 Å². The van der Waals surface area contributed by atoms with Crippen LogP contribution < -0.4 is 4.74 Å². The fourth-order valence-electron chi connectivity index (χ4n) is 3.29. The normalized spacial score (nSPS) is 12.7. The Hall–Kier alpha value is -2.30. The third-order valence-electron chi connectivity index (χ3n) is 4.84. The lowest BCUT2D eigenvalue weighted by Gasteiger charge is -2.29. The molecule has 0 radical (unpaired) electrons. The van der Waals surface area contributed by atoms with Crippen molar-refractivity contribution in [2.24, 2.45) is 5.41 Å². The Labute approximate surface area is 183 Å². The second-order valence-electron chi connectivity index (χ2n) is 8.31. The predicted octanol–water partition coefficient (Wildman–Crippen LogP) is 7.00. The van der Waals surface area contributed by atoms with E-state index in [2.05, 4.69) is 39.0 Å². The Kier molecular flexibility index (Phi) is 7.57. The molecule has 3 rings (SSSR count). The molecule has 0 saturated heterocycles. The van der Waals surface area contributed by atoms with Crippen LogP contribution in [0.5, 0.6) is 11.5 Å². The van der Waals surface area contributed by atoms with E-state index in [-0.39, 0.29) is 16.4 Å². The average molecular weight is 423 g/mol. The first-order valence-electron chi connectivity index (χ1n) is 10.4. The molecule has 4 heteroatoms. The maximum absolute atomic E-state index is 13.2. The maximum atomic E-state index is 13.2. The molecule has 0 saturated carbocycles. The molecule has 0 aromatic heterocycles. The smallest absolute Gasteiger partial charge is 0.176 e. The van der Waals surface area contributed by atoms with Gasteiger partial charge in [-0.25, -0.2) is 0 Å². The summed E-state index contributed by atoms with van der Waals surface area (Å²) in [7, 11) is 0. The van der Waals surface area contributed by atoms with E-state index in [0.717, 1.165) is 22.6 Å². The summed E-state index contributed by atoms with van der Waals surface area (Å²) in [5.41, 5.74) is 0.582. The predicted molar refractivity (Wildman–Crippen MR) is 127 cm³/mol. The Bertz CT molecular complexity index is 973. The highest BCUT2D eigenvalue weighted by Crippen LogP contribution is 2.34. The second kappa shape index (κ2) is 10.1. The van der Waals surface area contributed by atoms with Gasteiger partial charge in [-0.05, 0) is 59.5 Å². The zero-order valence-corrected chi connectivity index (χ0v) is 19.0. The topological polar surface area (TPSA) is 35.5 Å². The van der Waals surface area contributed by atoms with Crippen LogP contribution in [0.2, 0.25) is 0 Å². The Balaban J connectivity index is 1.70. The van der Waals surface area contributed by atoms with Crippen molar-refractivity contribution in [3.63, 3.8) is 0 Å². The third-order valence-corrected chi connectivity index (χ3v) is 6.49. The first kappa shape index (κ1) is 22.4. The van der Waals surface area contributed by atoms with Crippen molar-refractivity contribution in [3.8, 4) is 11.5 Å². The van der Waals surface area contributed by atoms with Crippen LogP contribution in [0.3, 0.4) is 0 Å². The van der Waals surface area contributed by atoms with Crippen molar-refractivity contribution >= 4 is 28.3 Å². The van der Waals surface area contributed by atoms with Gasteiger partial charge < -0.3 is 9.47 Å². The molecule has 0 amide bonds. The van der Waals surface area contributed by atoms with Crippen molar-refractivity contribution < 1.29 is 14.3 Å². The molecule has 0 aliphatic rings. The number of thioether (sulfide) groups is 1. The van der Waals surface area contributed by atoms with E-state index in [1.165, 1.54) is 5.39 Å². The van der Waals surface area contributed by atoms with Crippen LogP contribution in [-0.2, 0) is 4.74 Å². The van der Waals surface area contributed by atoms with Gasteiger partial charge in [-0.3, -0.25) is 4.79 Å². The van der Waals surface area contributed by atoms with Gasteiger partial charge in [0.25, 0.3) is 0 Å². The zero-order chi connectivity index (χ0) is 21.6. The van der Waals surface area contributed by atoms with Gasteiger partial charge in [-0.2, -0.15) is 0 Å².